The Balaban J connectivity index is 2.71. The summed E-state index contributed by atoms with van der Waals surface area (Å²) in [6.45, 7) is 1.68. The van der Waals surface area contributed by atoms with Gasteiger partial charge >= 0.3 is 5.97 Å². The lowest BCUT2D eigenvalue weighted by molar-refractivity contribution is -0.137. The maximum Gasteiger partial charge on any atom is 0.323 e. The minimum atomic E-state index is -0.881. The summed E-state index contributed by atoms with van der Waals surface area (Å²) in [5.74, 6) is -0.881. The zero-order chi connectivity index (χ0) is 11.7. The summed E-state index contributed by atoms with van der Waals surface area (Å²) in [6, 6.07) is 7.50. The number of aliphatic hydroxyl groups is 1. The molecule has 1 aromatic heterocycles. The van der Waals surface area contributed by atoms with Crippen molar-refractivity contribution in [2.24, 2.45) is 0 Å². The van der Waals surface area contributed by atoms with E-state index in [0.29, 0.717) is 0 Å². The van der Waals surface area contributed by atoms with Gasteiger partial charge in [0, 0.05) is 22.2 Å². The van der Waals surface area contributed by atoms with Crippen LogP contribution in [-0.2, 0) is 17.9 Å². The van der Waals surface area contributed by atoms with Crippen LogP contribution in [0.25, 0.3) is 10.9 Å². The van der Waals surface area contributed by atoms with Gasteiger partial charge in [-0.2, -0.15) is 0 Å². The normalized spacial score (nSPS) is 10.9. The van der Waals surface area contributed by atoms with Gasteiger partial charge in [0.2, 0.25) is 0 Å². The summed E-state index contributed by atoms with van der Waals surface area (Å²) in [5.41, 5.74) is 2.47. The van der Waals surface area contributed by atoms with Gasteiger partial charge in [0.15, 0.2) is 0 Å². The van der Waals surface area contributed by atoms with Crippen LogP contribution in [0.4, 0.5) is 0 Å². The van der Waals surface area contributed by atoms with Crippen LogP contribution in [0.15, 0.2) is 24.3 Å². The SMILES string of the molecule is Cc1c(CO)c2ccccc2n1CC(=O)O. The number of aliphatic carboxylic acids is 1. The van der Waals surface area contributed by atoms with Crippen LogP contribution < -0.4 is 0 Å². The van der Waals surface area contributed by atoms with E-state index in [2.05, 4.69) is 0 Å². The third kappa shape index (κ3) is 1.57. The number of rotatable bonds is 3. The highest BCUT2D eigenvalue weighted by Gasteiger charge is 2.14. The Morgan fingerprint density at radius 2 is 2.06 bits per heavy atom. The fraction of sp³-hybridized carbons (Fsp3) is 0.250. The number of carboxylic acid groups (broad SMARTS) is 1. The number of carboxylic acids is 1. The van der Waals surface area contributed by atoms with E-state index in [1.54, 1.807) is 4.57 Å². The van der Waals surface area contributed by atoms with Crippen molar-refractivity contribution in [2.75, 3.05) is 0 Å². The molecule has 4 nitrogen and oxygen atoms in total. The van der Waals surface area contributed by atoms with Crippen LogP contribution in [0.5, 0.6) is 0 Å². The van der Waals surface area contributed by atoms with Gasteiger partial charge in [-0.15, -0.1) is 0 Å². The van der Waals surface area contributed by atoms with Crippen LogP contribution in [0, 0.1) is 6.92 Å². The molecule has 1 heterocycles. The molecule has 2 aromatic rings. The van der Waals surface area contributed by atoms with Crippen LogP contribution in [-0.4, -0.2) is 20.7 Å². The molecule has 0 aliphatic carbocycles. The molecule has 0 saturated heterocycles. The number of aromatic nitrogens is 1. The van der Waals surface area contributed by atoms with Crippen molar-refractivity contribution in [3.8, 4) is 0 Å². The van der Waals surface area contributed by atoms with E-state index in [9.17, 15) is 9.90 Å². The van der Waals surface area contributed by atoms with Crippen LogP contribution in [0.2, 0.25) is 0 Å². The number of aliphatic hydroxyl groups excluding tert-OH is 1. The van der Waals surface area contributed by atoms with Gasteiger partial charge in [0.25, 0.3) is 0 Å². The average Bonchev–Trinajstić information content (AvgIpc) is 2.52. The first-order valence-electron chi connectivity index (χ1n) is 5.04. The van der Waals surface area contributed by atoms with Crippen LogP contribution in [0.1, 0.15) is 11.3 Å². The van der Waals surface area contributed by atoms with Crippen molar-refractivity contribution in [2.45, 2.75) is 20.1 Å². The van der Waals surface area contributed by atoms with E-state index in [0.717, 1.165) is 22.2 Å². The lowest BCUT2D eigenvalue weighted by Gasteiger charge is -2.04. The Hall–Kier alpha value is -1.81. The lowest BCUT2D eigenvalue weighted by Crippen LogP contribution is -2.10. The standard InChI is InChI=1S/C12H13NO3/c1-8-10(7-14)9-4-2-3-5-11(9)13(8)6-12(15)16/h2-5,14H,6-7H2,1H3,(H,15,16). The molecule has 4 heteroatoms. The van der Waals surface area contributed by atoms with Crippen LogP contribution >= 0.6 is 0 Å². The molecule has 16 heavy (non-hydrogen) atoms. The molecular weight excluding hydrogens is 206 g/mol. The largest absolute Gasteiger partial charge is 0.480 e. The van der Waals surface area contributed by atoms with E-state index in [1.165, 1.54) is 0 Å². The average molecular weight is 219 g/mol. The zero-order valence-electron chi connectivity index (χ0n) is 8.97. The number of hydrogen-bond donors (Lipinski definition) is 2. The van der Waals surface area contributed by atoms with Gasteiger partial charge in [-0.25, -0.2) is 0 Å². The highest BCUT2D eigenvalue weighted by atomic mass is 16.4. The predicted octanol–water partition coefficient (Wildman–Crippen LogP) is 1.53. The molecule has 2 N–H and O–H groups in total. The first-order valence-corrected chi connectivity index (χ1v) is 5.04. The number of hydrogen-bond acceptors (Lipinski definition) is 2. The van der Waals surface area contributed by atoms with Gasteiger partial charge < -0.3 is 14.8 Å². The molecule has 0 saturated carbocycles. The molecule has 0 atom stereocenters. The summed E-state index contributed by atoms with van der Waals surface area (Å²) >= 11 is 0. The number of benzene rings is 1. The molecule has 0 unspecified atom stereocenters. The topological polar surface area (TPSA) is 62.5 Å². The van der Waals surface area contributed by atoms with Gasteiger partial charge in [0.05, 0.1) is 6.61 Å². The fourth-order valence-corrected chi connectivity index (χ4v) is 2.04. The summed E-state index contributed by atoms with van der Waals surface area (Å²) < 4.78 is 1.71. The highest BCUT2D eigenvalue weighted by molar-refractivity contribution is 5.86. The fourth-order valence-electron chi connectivity index (χ4n) is 2.04. The lowest BCUT2D eigenvalue weighted by atomic mass is 10.1. The summed E-state index contributed by atoms with van der Waals surface area (Å²) in [7, 11) is 0. The molecule has 0 radical (unpaired) electrons. The second-order valence-electron chi connectivity index (χ2n) is 3.72. The maximum atomic E-state index is 10.8. The predicted molar refractivity (Wildman–Crippen MR) is 60.2 cm³/mol. The van der Waals surface area contributed by atoms with Crippen molar-refractivity contribution >= 4 is 16.9 Å². The first kappa shape index (κ1) is 10.7. The van der Waals surface area contributed by atoms with Crippen molar-refractivity contribution in [3.05, 3.63) is 35.5 Å². The number of fused-ring (bicyclic) bond motifs is 1. The Bertz CT molecular complexity index is 542. The van der Waals surface area contributed by atoms with Gasteiger partial charge in [-0.05, 0) is 13.0 Å². The number of nitrogens with zero attached hydrogens (tertiary/aromatic N) is 1. The van der Waals surface area contributed by atoms with Crippen molar-refractivity contribution in [3.63, 3.8) is 0 Å². The van der Waals surface area contributed by atoms with E-state index in [4.69, 9.17) is 5.11 Å². The van der Waals surface area contributed by atoms with Crippen LogP contribution in [0.3, 0.4) is 0 Å². The minimum Gasteiger partial charge on any atom is -0.480 e. The smallest absolute Gasteiger partial charge is 0.323 e. The number of para-hydroxylation sites is 1. The van der Waals surface area contributed by atoms with Crippen molar-refractivity contribution in [1.82, 2.24) is 4.57 Å². The summed E-state index contributed by atoms with van der Waals surface area (Å²) in [6.07, 6.45) is 0. The molecule has 2 rings (SSSR count). The Kier molecular flexibility index (Phi) is 2.66. The maximum absolute atomic E-state index is 10.8. The Morgan fingerprint density at radius 3 is 2.69 bits per heavy atom. The van der Waals surface area contributed by atoms with E-state index < -0.39 is 5.97 Å². The second-order valence-corrected chi connectivity index (χ2v) is 3.72. The molecule has 0 aliphatic heterocycles. The molecule has 0 spiro atoms. The third-order valence-corrected chi connectivity index (χ3v) is 2.81. The van der Waals surface area contributed by atoms with Crippen molar-refractivity contribution in [1.29, 1.82) is 0 Å². The zero-order valence-corrected chi connectivity index (χ0v) is 8.97. The molecular formula is C12H13NO3. The van der Waals surface area contributed by atoms with E-state index in [1.807, 2.05) is 31.2 Å². The monoisotopic (exact) mass is 219 g/mol. The molecule has 1 aromatic carbocycles. The summed E-state index contributed by atoms with van der Waals surface area (Å²) in [5, 5.41) is 19.1. The molecule has 0 fully saturated rings. The molecule has 0 amide bonds. The quantitative estimate of drug-likeness (QED) is 0.822. The van der Waals surface area contributed by atoms with Gasteiger partial charge in [0.1, 0.15) is 6.54 Å². The molecule has 0 aliphatic rings. The third-order valence-electron chi connectivity index (χ3n) is 2.81. The van der Waals surface area contributed by atoms with Gasteiger partial charge in [-0.3, -0.25) is 4.79 Å². The van der Waals surface area contributed by atoms with Crippen molar-refractivity contribution < 1.29 is 15.0 Å². The van der Waals surface area contributed by atoms with E-state index >= 15 is 0 Å². The molecule has 0 bridgehead atoms. The Morgan fingerprint density at radius 1 is 1.38 bits per heavy atom. The summed E-state index contributed by atoms with van der Waals surface area (Å²) in [4.78, 5) is 10.8. The number of carbonyl (C=O) groups is 1. The molecule has 84 valence electrons. The Labute approximate surface area is 92.7 Å². The van der Waals surface area contributed by atoms with E-state index in [-0.39, 0.29) is 13.2 Å². The van der Waals surface area contributed by atoms with Gasteiger partial charge in [-0.1, -0.05) is 18.2 Å². The minimum absolute atomic E-state index is 0.0705. The second kappa shape index (κ2) is 3.98. The first-order chi connectivity index (χ1) is 7.65. The highest BCUT2D eigenvalue weighted by Crippen LogP contribution is 2.25.